The lowest BCUT2D eigenvalue weighted by atomic mass is 9.95. The summed E-state index contributed by atoms with van der Waals surface area (Å²) < 4.78 is 6.07. The molecule has 1 aliphatic heterocycles. The number of ether oxygens (including phenoxy) is 1. The molecule has 1 aliphatic rings. The molecule has 29 heavy (non-hydrogen) atoms. The predicted octanol–water partition coefficient (Wildman–Crippen LogP) is 5.41. The second-order valence-corrected chi connectivity index (χ2v) is 9.05. The summed E-state index contributed by atoms with van der Waals surface area (Å²) in [6.07, 6.45) is 3.24. The highest BCUT2D eigenvalue weighted by Gasteiger charge is 2.22. The summed E-state index contributed by atoms with van der Waals surface area (Å²) in [6, 6.07) is 4.07. The maximum atomic E-state index is 12.0. The third-order valence-corrected chi connectivity index (χ3v) is 6.28. The van der Waals surface area contributed by atoms with Crippen molar-refractivity contribution in [3.63, 3.8) is 0 Å². The van der Waals surface area contributed by atoms with E-state index in [0.29, 0.717) is 18.4 Å². The van der Waals surface area contributed by atoms with Gasteiger partial charge < -0.3 is 9.57 Å². The molecule has 1 aromatic heterocycles. The minimum Gasteiger partial charge on any atom is -0.493 e. The Morgan fingerprint density at radius 3 is 2.76 bits per heavy atom. The monoisotopic (exact) mass is 436 g/mol. The number of carbonyl (C=O) groups is 1. The van der Waals surface area contributed by atoms with Gasteiger partial charge in [0.15, 0.2) is 0 Å². The highest BCUT2D eigenvalue weighted by Crippen LogP contribution is 2.32. The third-order valence-electron chi connectivity index (χ3n) is 5.31. The first-order valence-corrected chi connectivity index (χ1v) is 11.5. The van der Waals surface area contributed by atoms with E-state index in [4.69, 9.17) is 21.2 Å². The highest BCUT2D eigenvalue weighted by molar-refractivity contribution is 7.07. The van der Waals surface area contributed by atoms with E-state index in [1.807, 2.05) is 18.4 Å². The Kier molecular flexibility index (Phi) is 7.92. The summed E-state index contributed by atoms with van der Waals surface area (Å²) in [5, 5.41) is 4.46. The molecular formula is C22H29ClN2O3S. The highest BCUT2D eigenvalue weighted by atomic mass is 35.5. The van der Waals surface area contributed by atoms with Crippen molar-refractivity contribution in [1.29, 1.82) is 0 Å². The zero-order valence-electron chi connectivity index (χ0n) is 17.3. The minimum absolute atomic E-state index is 0.232. The van der Waals surface area contributed by atoms with Crippen molar-refractivity contribution < 1.29 is 14.4 Å². The summed E-state index contributed by atoms with van der Waals surface area (Å²) in [4.78, 5) is 21.6. The standard InChI is InChI=1S/C22H29ClN2O3S/c1-15(2)19-12-21(16(3)10-20(19)23)27-9-6-17-4-7-25(8-5-17)28-22(26)11-18-13-29-14-24-18/h10,12-15,17H,4-9,11H2,1-3H3. The van der Waals surface area contributed by atoms with Crippen LogP contribution in [-0.2, 0) is 16.1 Å². The van der Waals surface area contributed by atoms with E-state index in [9.17, 15) is 4.79 Å². The average molecular weight is 437 g/mol. The largest absolute Gasteiger partial charge is 0.493 e. The fourth-order valence-electron chi connectivity index (χ4n) is 3.54. The number of piperidine rings is 1. The molecule has 1 fully saturated rings. The molecule has 0 amide bonds. The second kappa shape index (κ2) is 10.4. The predicted molar refractivity (Wildman–Crippen MR) is 117 cm³/mol. The molecule has 3 rings (SSSR count). The molecule has 0 atom stereocenters. The van der Waals surface area contributed by atoms with Gasteiger partial charge in [-0.3, -0.25) is 0 Å². The number of aryl methyl sites for hydroxylation is 1. The maximum absolute atomic E-state index is 12.0. The Bertz CT molecular complexity index is 803. The van der Waals surface area contributed by atoms with Crippen LogP contribution in [0.15, 0.2) is 23.0 Å². The van der Waals surface area contributed by atoms with Crippen LogP contribution in [0, 0.1) is 12.8 Å². The van der Waals surface area contributed by atoms with Gasteiger partial charge in [-0.15, -0.1) is 16.4 Å². The van der Waals surface area contributed by atoms with Crippen LogP contribution in [0.4, 0.5) is 0 Å². The third kappa shape index (κ3) is 6.43. The summed E-state index contributed by atoms with van der Waals surface area (Å²) in [5.41, 5.74) is 4.69. The zero-order valence-corrected chi connectivity index (χ0v) is 18.9. The zero-order chi connectivity index (χ0) is 20.8. The summed E-state index contributed by atoms with van der Waals surface area (Å²) in [7, 11) is 0. The topological polar surface area (TPSA) is 51.7 Å². The summed E-state index contributed by atoms with van der Waals surface area (Å²) >= 11 is 7.83. The van der Waals surface area contributed by atoms with Gasteiger partial charge in [-0.2, -0.15) is 0 Å². The van der Waals surface area contributed by atoms with Gasteiger partial charge in [0.05, 0.1) is 24.2 Å². The second-order valence-electron chi connectivity index (χ2n) is 7.92. The molecule has 7 heteroatoms. The number of hydrogen-bond acceptors (Lipinski definition) is 6. The van der Waals surface area contributed by atoms with Crippen molar-refractivity contribution in [2.45, 2.75) is 52.4 Å². The van der Waals surface area contributed by atoms with Crippen LogP contribution in [0.5, 0.6) is 5.75 Å². The molecule has 0 bridgehead atoms. The summed E-state index contributed by atoms with van der Waals surface area (Å²) in [5.74, 6) is 1.64. The Balaban J connectivity index is 1.39. The number of nitrogens with zero attached hydrogens (tertiary/aromatic N) is 2. The van der Waals surface area contributed by atoms with Crippen molar-refractivity contribution in [1.82, 2.24) is 10.0 Å². The van der Waals surface area contributed by atoms with Gasteiger partial charge in [0.25, 0.3) is 0 Å². The van der Waals surface area contributed by atoms with Crippen LogP contribution in [0.3, 0.4) is 0 Å². The maximum Gasteiger partial charge on any atom is 0.331 e. The SMILES string of the molecule is Cc1cc(Cl)c(C(C)C)cc1OCCC1CCN(OC(=O)Cc2cscn2)CC1. The van der Waals surface area contributed by atoms with Gasteiger partial charge in [0, 0.05) is 23.5 Å². The molecule has 2 heterocycles. The number of halogens is 1. The van der Waals surface area contributed by atoms with Crippen LogP contribution in [0.1, 0.15) is 55.8 Å². The molecule has 0 spiro atoms. The van der Waals surface area contributed by atoms with Crippen molar-refractivity contribution >= 4 is 28.9 Å². The number of hydroxylamine groups is 2. The van der Waals surface area contributed by atoms with Crippen LogP contribution in [0.25, 0.3) is 0 Å². The van der Waals surface area contributed by atoms with Gasteiger partial charge in [-0.05, 0) is 61.3 Å². The van der Waals surface area contributed by atoms with Gasteiger partial charge in [0.2, 0.25) is 0 Å². The number of carbonyl (C=O) groups excluding carboxylic acids is 1. The van der Waals surface area contributed by atoms with Gasteiger partial charge in [-0.1, -0.05) is 25.4 Å². The molecule has 158 valence electrons. The number of benzene rings is 1. The van der Waals surface area contributed by atoms with Gasteiger partial charge >= 0.3 is 5.97 Å². The van der Waals surface area contributed by atoms with Gasteiger partial charge in [-0.25, -0.2) is 9.78 Å². The Morgan fingerprint density at radius 2 is 2.10 bits per heavy atom. The lowest BCUT2D eigenvalue weighted by Crippen LogP contribution is -2.36. The quantitative estimate of drug-likeness (QED) is 0.553. The fourth-order valence-corrected chi connectivity index (χ4v) is 4.54. The lowest BCUT2D eigenvalue weighted by molar-refractivity contribution is -0.196. The molecule has 1 aromatic carbocycles. The lowest BCUT2D eigenvalue weighted by Gasteiger charge is -2.30. The molecule has 0 N–H and O–H groups in total. The molecule has 0 aliphatic carbocycles. The van der Waals surface area contributed by atoms with Crippen molar-refractivity contribution in [3.8, 4) is 5.75 Å². The van der Waals surface area contributed by atoms with E-state index in [-0.39, 0.29) is 12.4 Å². The minimum atomic E-state index is -0.239. The average Bonchev–Trinajstić information content (AvgIpc) is 3.17. The first-order valence-electron chi connectivity index (χ1n) is 10.2. The van der Waals surface area contributed by atoms with Crippen LogP contribution in [0.2, 0.25) is 5.02 Å². The Labute approximate surface area is 181 Å². The van der Waals surface area contributed by atoms with E-state index in [1.165, 1.54) is 11.3 Å². The fraction of sp³-hybridized carbons (Fsp3) is 0.545. The molecule has 0 saturated carbocycles. The number of rotatable bonds is 8. The van der Waals surface area contributed by atoms with E-state index in [0.717, 1.165) is 59.9 Å². The number of aromatic nitrogens is 1. The van der Waals surface area contributed by atoms with E-state index < -0.39 is 0 Å². The number of hydrogen-bond donors (Lipinski definition) is 0. The van der Waals surface area contributed by atoms with Gasteiger partial charge in [0.1, 0.15) is 5.75 Å². The van der Waals surface area contributed by atoms with Crippen molar-refractivity contribution in [2.75, 3.05) is 19.7 Å². The number of thiazole rings is 1. The van der Waals surface area contributed by atoms with Crippen LogP contribution < -0.4 is 4.74 Å². The first kappa shape index (κ1) is 22.1. The smallest absolute Gasteiger partial charge is 0.331 e. The first-order chi connectivity index (χ1) is 13.9. The Morgan fingerprint density at radius 1 is 1.34 bits per heavy atom. The van der Waals surface area contributed by atoms with E-state index >= 15 is 0 Å². The van der Waals surface area contributed by atoms with Crippen LogP contribution >= 0.6 is 22.9 Å². The summed E-state index contributed by atoms with van der Waals surface area (Å²) in [6.45, 7) is 8.53. The molecule has 1 saturated heterocycles. The molecule has 5 nitrogen and oxygen atoms in total. The molecule has 0 radical (unpaired) electrons. The van der Waals surface area contributed by atoms with Crippen molar-refractivity contribution in [2.24, 2.45) is 5.92 Å². The van der Waals surface area contributed by atoms with E-state index in [1.54, 1.807) is 10.6 Å². The van der Waals surface area contributed by atoms with Crippen LogP contribution in [-0.4, -0.2) is 35.7 Å². The molecule has 2 aromatic rings. The van der Waals surface area contributed by atoms with Crippen molar-refractivity contribution in [3.05, 3.63) is 44.9 Å². The molecular weight excluding hydrogens is 408 g/mol. The Hall–Kier alpha value is -1.63. The normalized spacial score (nSPS) is 15.6. The molecule has 0 unspecified atom stereocenters. The van der Waals surface area contributed by atoms with E-state index in [2.05, 4.69) is 24.9 Å².